The fraction of sp³-hybridized carbons (Fsp3) is 0.381. The van der Waals surface area contributed by atoms with Crippen LogP contribution in [-0.2, 0) is 10.2 Å². The van der Waals surface area contributed by atoms with Gasteiger partial charge in [0.1, 0.15) is 0 Å². The van der Waals surface area contributed by atoms with Crippen LogP contribution in [-0.4, -0.2) is 17.6 Å². The van der Waals surface area contributed by atoms with Gasteiger partial charge in [0, 0.05) is 24.1 Å². The second-order valence-corrected chi connectivity index (χ2v) is 7.44. The SMILES string of the molecule is [2H]C1(O)CC2(CC(=O)N(c3ccccc3C3CC3)C2)c2ccccc21. The molecule has 0 aromatic heterocycles. The highest BCUT2D eigenvalue weighted by Gasteiger charge is 2.51. The Balaban J connectivity index is 1.57. The lowest BCUT2D eigenvalue weighted by Crippen LogP contribution is -2.30. The zero-order valence-electron chi connectivity index (χ0n) is 14.5. The smallest absolute Gasteiger partial charge is 0.227 e. The molecule has 1 aliphatic heterocycles. The molecule has 2 aromatic rings. The van der Waals surface area contributed by atoms with Gasteiger partial charge in [0.15, 0.2) is 0 Å². The molecular weight excluding hydrogens is 298 g/mol. The molecule has 0 bridgehead atoms. The van der Waals surface area contributed by atoms with Crippen molar-refractivity contribution in [2.75, 3.05) is 11.4 Å². The number of rotatable bonds is 2. The molecule has 24 heavy (non-hydrogen) atoms. The third kappa shape index (κ3) is 1.97. The fourth-order valence-corrected chi connectivity index (χ4v) is 4.53. The first kappa shape index (κ1) is 13.2. The van der Waals surface area contributed by atoms with Crippen molar-refractivity contribution >= 4 is 11.6 Å². The van der Waals surface area contributed by atoms with E-state index in [9.17, 15) is 9.90 Å². The maximum absolute atomic E-state index is 12.9. The van der Waals surface area contributed by atoms with Crippen molar-refractivity contribution in [2.24, 2.45) is 0 Å². The zero-order valence-corrected chi connectivity index (χ0v) is 13.5. The highest BCUT2D eigenvalue weighted by Crippen LogP contribution is 2.52. The highest BCUT2D eigenvalue weighted by atomic mass is 16.3. The van der Waals surface area contributed by atoms with E-state index in [2.05, 4.69) is 6.07 Å². The van der Waals surface area contributed by atoms with Gasteiger partial charge in [0.05, 0.1) is 7.45 Å². The number of hydrogen-bond donors (Lipinski definition) is 1. The van der Waals surface area contributed by atoms with Crippen LogP contribution in [0, 0.1) is 0 Å². The number of amides is 1. The Morgan fingerprint density at radius 3 is 2.58 bits per heavy atom. The number of fused-ring (bicyclic) bond motifs is 2. The van der Waals surface area contributed by atoms with Gasteiger partial charge in [-0.1, -0.05) is 42.5 Å². The van der Waals surface area contributed by atoms with Gasteiger partial charge in [-0.2, -0.15) is 0 Å². The first-order valence-electron chi connectivity index (χ1n) is 9.22. The Bertz CT molecular complexity index is 874. The van der Waals surface area contributed by atoms with Crippen molar-refractivity contribution in [3.63, 3.8) is 0 Å². The molecule has 3 nitrogen and oxygen atoms in total. The lowest BCUT2D eigenvalue weighted by molar-refractivity contribution is -0.117. The third-order valence-electron chi connectivity index (χ3n) is 5.81. The summed E-state index contributed by atoms with van der Waals surface area (Å²) in [7, 11) is 0. The Hall–Kier alpha value is -2.13. The van der Waals surface area contributed by atoms with E-state index in [0.717, 1.165) is 11.3 Å². The van der Waals surface area contributed by atoms with E-state index in [0.29, 0.717) is 24.4 Å². The Kier molecular flexibility index (Phi) is 2.71. The van der Waals surface area contributed by atoms with E-state index in [1.807, 2.05) is 47.4 Å². The van der Waals surface area contributed by atoms with Gasteiger partial charge in [-0.3, -0.25) is 4.79 Å². The molecule has 2 atom stereocenters. The van der Waals surface area contributed by atoms with Gasteiger partial charge in [-0.05, 0) is 47.9 Å². The minimum absolute atomic E-state index is 0.0978. The van der Waals surface area contributed by atoms with Crippen LogP contribution in [0.2, 0.25) is 0 Å². The normalized spacial score (nSPS) is 32.3. The van der Waals surface area contributed by atoms with Crippen molar-refractivity contribution < 1.29 is 11.3 Å². The first-order chi connectivity index (χ1) is 12.0. The lowest BCUT2D eigenvalue weighted by atomic mass is 9.81. The average Bonchev–Trinajstić information content (AvgIpc) is 3.35. The molecule has 1 heterocycles. The Morgan fingerprint density at radius 1 is 1.08 bits per heavy atom. The molecule has 1 amide bonds. The number of nitrogens with zero attached hydrogens (tertiary/aromatic N) is 1. The number of aliphatic hydroxyl groups is 1. The number of carbonyl (C=O) groups is 1. The molecule has 3 heteroatoms. The monoisotopic (exact) mass is 320 g/mol. The molecule has 1 saturated carbocycles. The summed E-state index contributed by atoms with van der Waals surface area (Å²) in [6, 6.07) is 15.8. The highest BCUT2D eigenvalue weighted by molar-refractivity contribution is 5.98. The molecule has 5 rings (SSSR count). The van der Waals surface area contributed by atoms with Gasteiger partial charge >= 0.3 is 0 Å². The van der Waals surface area contributed by atoms with Crippen molar-refractivity contribution in [2.45, 2.75) is 43.1 Å². The predicted molar refractivity (Wildman–Crippen MR) is 93.1 cm³/mol. The zero-order chi connectivity index (χ0) is 17.2. The van der Waals surface area contributed by atoms with Crippen LogP contribution in [0.15, 0.2) is 48.5 Å². The number of benzene rings is 2. The Morgan fingerprint density at radius 2 is 1.79 bits per heavy atom. The Labute approximate surface area is 143 Å². The molecule has 0 radical (unpaired) electrons. The van der Waals surface area contributed by atoms with Gasteiger partial charge in [0.25, 0.3) is 0 Å². The number of carbonyl (C=O) groups excluding carboxylic acids is 1. The quantitative estimate of drug-likeness (QED) is 0.917. The van der Waals surface area contributed by atoms with E-state index in [1.165, 1.54) is 18.4 Å². The van der Waals surface area contributed by atoms with Gasteiger partial charge in [0.2, 0.25) is 5.91 Å². The minimum atomic E-state index is -1.61. The molecule has 2 aliphatic carbocycles. The van der Waals surface area contributed by atoms with E-state index < -0.39 is 11.5 Å². The summed E-state index contributed by atoms with van der Waals surface area (Å²) < 4.78 is 8.34. The van der Waals surface area contributed by atoms with Crippen LogP contribution in [0.4, 0.5) is 5.69 Å². The standard InChI is InChI=1S/C21H21NO2/c23-19-11-21(17-7-3-1-6-16(17)19)12-20(24)22(13-21)18-8-4-2-5-15(18)14-9-10-14/h1-8,14,19,23H,9-13H2/i19D. The second-order valence-electron chi connectivity index (χ2n) is 7.44. The largest absolute Gasteiger partial charge is 0.388 e. The summed E-state index contributed by atoms with van der Waals surface area (Å²) in [6.45, 7) is 0.549. The van der Waals surface area contributed by atoms with Crippen molar-refractivity contribution in [3.8, 4) is 0 Å². The van der Waals surface area contributed by atoms with Gasteiger partial charge in [-0.25, -0.2) is 0 Å². The molecule has 2 unspecified atom stereocenters. The molecule has 122 valence electrons. The summed E-state index contributed by atoms with van der Waals surface area (Å²) in [5.74, 6) is 0.671. The van der Waals surface area contributed by atoms with E-state index in [1.54, 1.807) is 0 Å². The van der Waals surface area contributed by atoms with Crippen molar-refractivity contribution in [3.05, 3.63) is 65.2 Å². The van der Waals surface area contributed by atoms with Gasteiger partial charge < -0.3 is 10.0 Å². The third-order valence-corrected chi connectivity index (χ3v) is 5.81. The van der Waals surface area contributed by atoms with Crippen LogP contribution in [0.25, 0.3) is 0 Å². The number of hydrogen-bond acceptors (Lipinski definition) is 2. The average molecular weight is 320 g/mol. The van der Waals surface area contributed by atoms with Crippen LogP contribution in [0.1, 0.15) is 55.7 Å². The molecular formula is C21H21NO2. The van der Waals surface area contributed by atoms with Crippen LogP contribution >= 0.6 is 0 Å². The molecule has 2 aromatic carbocycles. The van der Waals surface area contributed by atoms with Crippen LogP contribution < -0.4 is 4.90 Å². The predicted octanol–water partition coefficient (Wildman–Crippen LogP) is 3.68. The maximum atomic E-state index is 12.9. The van der Waals surface area contributed by atoms with E-state index in [-0.39, 0.29) is 12.3 Å². The van der Waals surface area contributed by atoms with Crippen LogP contribution in [0.5, 0.6) is 0 Å². The molecule has 2 fully saturated rings. The topological polar surface area (TPSA) is 40.5 Å². The van der Waals surface area contributed by atoms with Crippen molar-refractivity contribution in [1.29, 1.82) is 0 Å². The van der Waals surface area contributed by atoms with E-state index >= 15 is 0 Å². The van der Waals surface area contributed by atoms with Gasteiger partial charge in [-0.15, -0.1) is 0 Å². The second kappa shape index (κ2) is 4.93. The summed E-state index contributed by atoms with van der Waals surface area (Å²) in [6.07, 6.45) is 1.43. The lowest BCUT2D eigenvalue weighted by Gasteiger charge is -2.26. The minimum Gasteiger partial charge on any atom is -0.388 e. The summed E-state index contributed by atoms with van der Waals surface area (Å²) in [4.78, 5) is 14.8. The molecule has 3 aliphatic rings. The van der Waals surface area contributed by atoms with Crippen LogP contribution in [0.3, 0.4) is 0 Å². The number of para-hydroxylation sites is 1. The van der Waals surface area contributed by atoms with Crippen molar-refractivity contribution in [1.82, 2.24) is 0 Å². The summed E-state index contributed by atoms with van der Waals surface area (Å²) in [5.41, 5.74) is 3.44. The fourth-order valence-electron chi connectivity index (χ4n) is 4.53. The van der Waals surface area contributed by atoms with E-state index in [4.69, 9.17) is 1.37 Å². The maximum Gasteiger partial charge on any atom is 0.227 e. The summed E-state index contributed by atoms with van der Waals surface area (Å²) >= 11 is 0. The molecule has 1 saturated heterocycles. The number of anilines is 1. The summed E-state index contributed by atoms with van der Waals surface area (Å²) in [5, 5.41) is 10.6. The molecule has 1 N–H and O–H groups in total. The molecule has 1 spiro atoms. The first-order valence-corrected chi connectivity index (χ1v) is 8.72.